The van der Waals surface area contributed by atoms with Gasteiger partial charge in [-0.1, -0.05) is 0 Å². The first-order valence-electron chi connectivity index (χ1n) is 7.96. The highest BCUT2D eigenvalue weighted by Gasteiger charge is 2.48. The normalized spacial score (nSPS) is 23.7. The number of anilines is 1. The second kappa shape index (κ2) is 5.39. The van der Waals surface area contributed by atoms with Gasteiger partial charge < -0.3 is 10.0 Å². The van der Waals surface area contributed by atoms with Gasteiger partial charge in [0.15, 0.2) is 0 Å². The summed E-state index contributed by atoms with van der Waals surface area (Å²) in [5.41, 5.74) is 0.599. The van der Waals surface area contributed by atoms with Crippen LogP contribution in [0.2, 0.25) is 0 Å². The quantitative estimate of drug-likeness (QED) is 0.882. The lowest BCUT2D eigenvalue weighted by Crippen LogP contribution is -2.41. The summed E-state index contributed by atoms with van der Waals surface area (Å²) >= 11 is 1.74. The van der Waals surface area contributed by atoms with Crippen LogP contribution in [0.3, 0.4) is 0 Å². The molecule has 1 aliphatic heterocycles. The van der Waals surface area contributed by atoms with Crippen molar-refractivity contribution in [1.82, 2.24) is 9.97 Å². The van der Waals surface area contributed by atoms with E-state index < -0.39 is 5.60 Å². The van der Waals surface area contributed by atoms with E-state index in [1.807, 2.05) is 0 Å². The van der Waals surface area contributed by atoms with Crippen LogP contribution >= 0.6 is 11.8 Å². The minimum absolute atomic E-state index is 0.384. The van der Waals surface area contributed by atoms with Gasteiger partial charge in [-0.25, -0.2) is 9.97 Å². The summed E-state index contributed by atoms with van der Waals surface area (Å²) in [7, 11) is 0. The topological polar surface area (TPSA) is 49.2 Å². The number of rotatable bonds is 3. The van der Waals surface area contributed by atoms with E-state index in [1.54, 1.807) is 18.1 Å². The molecule has 2 fully saturated rings. The zero-order chi connectivity index (χ0) is 15.2. The van der Waals surface area contributed by atoms with Gasteiger partial charge in [0.05, 0.1) is 11.1 Å². The monoisotopic (exact) mass is 315 g/mol. The first-order chi connectivity index (χ1) is 10.7. The number of thioether (sulfide) groups is 1. The minimum atomic E-state index is -0.397. The summed E-state index contributed by atoms with van der Waals surface area (Å²) in [6.07, 6.45) is 7.93. The van der Waals surface area contributed by atoms with Crippen molar-refractivity contribution in [3.8, 4) is 0 Å². The molecule has 1 N–H and O–H groups in total. The molecule has 1 atom stereocenters. The fourth-order valence-corrected chi connectivity index (χ4v) is 3.99. The highest BCUT2D eigenvalue weighted by atomic mass is 32.2. The largest absolute Gasteiger partial charge is 0.390 e. The van der Waals surface area contributed by atoms with Gasteiger partial charge in [0.2, 0.25) is 0 Å². The Kier molecular flexibility index (Phi) is 3.50. The van der Waals surface area contributed by atoms with Gasteiger partial charge in [0.1, 0.15) is 12.1 Å². The molecule has 116 valence electrons. The molecule has 4 rings (SSSR count). The van der Waals surface area contributed by atoms with Crippen molar-refractivity contribution in [1.29, 1.82) is 0 Å². The minimum Gasteiger partial charge on any atom is -0.390 e. The zero-order valence-electron chi connectivity index (χ0n) is 12.8. The van der Waals surface area contributed by atoms with Crippen LogP contribution in [-0.2, 0) is 0 Å². The van der Waals surface area contributed by atoms with Crippen LogP contribution in [0.25, 0.3) is 10.9 Å². The molecule has 0 bridgehead atoms. The average molecular weight is 315 g/mol. The van der Waals surface area contributed by atoms with E-state index in [0.29, 0.717) is 5.92 Å². The molecule has 1 saturated heterocycles. The number of aromatic nitrogens is 2. The molecule has 5 heteroatoms. The Balaban J connectivity index is 1.70. The smallest absolute Gasteiger partial charge is 0.139 e. The van der Waals surface area contributed by atoms with Gasteiger partial charge in [-0.2, -0.15) is 0 Å². The third-order valence-corrected chi connectivity index (χ3v) is 5.79. The number of hydrogen-bond donors (Lipinski definition) is 1. The standard InChI is InChI=1S/C17H21N3OS/c1-22-13-4-5-15-14(9-13)16(19-11-18-15)20-8-2-3-12(10-20)17(21)6-7-17/h4-5,9,11-12,21H,2-3,6-8,10H2,1H3. The molecule has 22 heavy (non-hydrogen) atoms. The molecular formula is C17H21N3OS. The molecule has 0 amide bonds. The number of piperidine rings is 1. The molecule has 1 unspecified atom stereocenters. The Bertz CT molecular complexity index is 701. The lowest BCUT2D eigenvalue weighted by atomic mass is 9.90. The van der Waals surface area contributed by atoms with Gasteiger partial charge in [-0.3, -0.25) is 0 Å². The first-order valence-corrected chi connectivity index (χ1v) is 9.18. The highest BCUT2D eigenvalue weighted by molar-refractivity contribution is 7.98. The van der Waals surface area contributed by atoms with E-state index in [9.17, 15) is 5.11 Å². The average Bonchev–Trinajstić information content (AvgIpc) is 3.33. The molecule has 4 nitrogen and oxygen atoms in total. The van der Waals surface area contributed by atoms with Crippen LogP contribution in [-0.4, -0.2) is 40.0 Å². The van der Waals surface area contributed by atoms with E-state index in [1.165, 1.54) is 4.90 Å². The Labute approximate surface area is 135 Å². The van der Waals surface area contributed by atoms with Gasteiger partial charge in [0, 0.05) is 29.3 Å². The first kappa shape index (κ1) is 14.3. The Morgan fingerprint density at radius 3 is 2.95 bits per heavy atom. The maximum absolute atomic E-state index is 10.5. The molecule has 2 heterocycles. The molecule has 2 aromatic rings. The third-order valence-electron chi connectivity index (χ3n) is 5.06. The van der Waals surface area contributed by atoms with E-state index >= 15 is 0 Å². The van der Waals surface area contributed by atoms with Crippen molar-refractivity contribution in [2.75, 3.05) is 24.2 Å². The summed E-state index contributed by atoms with van der Waals surface area (Å²) in [6.45, 7) is 1.92. The van der Waals surface area contributed by atoms with Gasteiger partial charge >= 0.3 is 0 Å². The predicted octanol–water partition coefficient (Wildman–Crippen LogP) is 3.09. The Morgan fingerprint density at radius 2 is 2.18 bits per heavy atom. The Hall–Kier alpha value is -1.33. The van der Waals surface area contributed by atoms with Crippen LogP contribution < -0.4 is 4.90 Å². The summed E-state index contributed by atoms with van der Waals surface area (Å²) in [4.78, 5) is 12.5. The molecular weight excluding hydrogens is 294 g/mol. The molecule has 1 aliphatic carbocycles. The number of hydrogen-bond acceptors (Lipinski definition) is 5. The number of aliphatic hydroxyl groups is 1. The number of fused-ring (bicyclic) bond motifs is 1. The molecule has 1 aromatic heterocycles. The zero-order valence-corrected chi connectivity index (χ0v) is 13.6. The molecule has 1 aromatic carbocycles. The third kappa shape index (κ3) is 2.46. The lowest BCUT2D eigenvalue weighted by Gasteiger charge is -2.36. The van der Waals surface area contributed by atoms with E-state index in [0.717, 1.165) is 55.5 Å². The van der Waals surface area contributed by atoms with Gasteiger partial charge in [0.25, 0.3) is 0 Å². The highest BCUT2D eigenvalue weighted by Crippen LogP contribution is 2.46. The summed E-state index contributed by atoms with van der Waals surface area (Å²) in [5, 5.41) is 11.6. The van der Waals surface area contributed by atoms with Crippen molar-refractivity contribution in [2.45, 2.75) is 36.2 Å². The van der Waals surface area contributed by atoms with E-state index in [2.05, 4.69) is 39.3 Å². The summed E-state index contributed by atoms with van der Waals surface area (Å²) in [5.74, 6) is 1.41. The van der Waals surface area contributed by atoms with Crippen molar-refractivity contribution in [3.63, 3.8) is 0 Å². The van der Waals surface area contributed by atoms with Gasteiger partial charge in [-0.15, -0.1) is 11.8 Å². The van der Waals surface area contributed by atoms with Crippen molar-refractivity contribution < 1.29 is 5.11 Å². The van der Waals surface area contributed by atoms with Crippen LogP contribution in [0.5, 0.6) is 0 Å². The molecule has 0 spiro atoms. The van der Waals surface area contributed by atoms with Crippen molar-refractivity contribution in [2.24, 2.45) is 5.92 Å². The molecule has 2 aliphatic rings. The fourth-order valence-electron chi connectivity index (χ4n) is 3.55. The lowest BCUT2D eigenvalue weighted by molar-refractivity contribution is 0.0730. The second-order valence-corrected chi connectivity index (χ2v) is 7.35. The van der Waals surface area contributed by atoms with Crippen LogP contribution in [0.1, 0.15) is 25.7 Å². The maximum atomic E-state index is 10.5. The van der Waals surface area contributed by atoms with Crippen molar-refractivity contribution >= 4 is 28.5 Å². The maximum Gasteiger partial charge on any atom is 0.139 e. The van der Waals surface area contributed by atoms with Crippen LogP contribution in [0.15, 0.2) is 29.4 Å². The number of benzene rings is 1. The summed E-state index contributed by atoms with van der Waals surface area (Å²) in [6, 6.07) is 6.36. The SMILES string of the molecule is CSc1ccc2ncnc(N3CCCC(C4(O)CC4)C3)c2c1. The van der Waals surface area contributed by atoms with Crippen molar-refractivity contribution in [3.05, 3.63) is 24.5 Å². The van der Waals surface area contributed by atoms with Gasteiger partial charge in [-0.05, 0) is 50.1 Å². The van der Waals surface area contributed by atoms with E-state index in [-0.39, 0.29) is 0 Å². The number of nitrogens with zero attached hydrogens (tertiary/aromatic N) is 3. The molecule has 0 radical (unpaired) electrons. The molecule has 1 saturated carbocycles. The Morgan fingerprint density at radius 1 is 1.32 bits per heavy atom. The predicted molar refractivity (Wildman–Crippen MR) is 90.4 cm³/mol. The summed E-state index contributed by atoms with van der Waals surface area (Å²) < 4.78 is 0. The van der Waals surface area contributed by atoms with Crippen LogP contribution in [0, 0.1) is 5.92 Å². The van der Waals surface area contributed by atoms with E-state index in [4.69, 9.17) is 0 Å². The fraction of sp³-hybridized carbons (Fsp3) is 0.529. The van der Waals surface area contributed by atoms with Crippen LogP contribution in [0.4, 0.5) is 5.82 Å². The second-order valence-electron chi connectivity index (χ2n) is 6.47.